The number of rotatable bonds is 9. The second kappa shape index (κ2) is 10.3. The molecule has 0 saturated carbocycles. The molecule has 1 aromatic heterocycles. The highest BCUT2D eigenvalue weighted by atomic mass is 32.1. The molecule has 2 bridgehead atoms. The Hall–Kier alpha value is -2.38. The van der Waals surface area contributed by atoms with Crippen LogP contribution in [0.2, 0.25) is 0 Å². The zero-order valence-corrected chi connectivity index (χ0v) is 19.3. The predicted octanol–water partition coefficient (Wildman–Crippen LogP) is 5.60. The number of nitrogens with zero attached hydrogens (tertiary/aromatic N) is 2. The molecule has 33 heavy (non-hydrogen) atoms. The zero-order valence-electron chi connectivity index (χ0n) is 18.4. The van der Waals surface area contributed by atoms with E-state index in [0.717, 1.165) is 37.3 Å². The quantitative estimate of drug-likeness (QED) is 0.408. The van der Waals surface area contributed by atoms with Crippen LogP contribution < -0.4 is 0 Å². The van der Waals surface area contributed by atoms with Gasteiger partial charge in [-0.1, -0.05) is 36.4 Å². The van der Waals surface area contributed by atoms with Gasteiger partial charge in [-0.05, 0) is 59.3 Å². The highest BCUT2D eigenvalue weighted by Gasteiger charge is 2.43. The van der Waals surface area contributed by atoms with Crippen LogP contribution in [0.4, 0.5) is 8.78 Å². The molecule has 0 aliphatic carbocycles. The van der Waals surface area contributed by atoms with Crippen molar-refractivity contribution in [1.82, 2.24) is 9.80 Å². The maximum atomic E-state index is 13.4. The Kier molecular flexibility index (Phi) is 6.97. The van der Waals surface area contributed by atoms with Crippen LogP contribution >= 0.6 is 11.3 Å². The molecule has 0 radical (unpaired) electrons. The van der Waals surface area contributed by atoms with E-state index in [1.165, 1.54) is 35.6 Å². The van der Waals surface area contributed by atoms with E-state index in [4.69, 9.17) is 4.74 Å². The molecule has 3 aliphatic heterocycles. The summed E-state index contributed by atoms with van der Waals surface area (Å²) in [5.74, 6) is -0.558. The fraction of sp³-hybridized carbons (Fsp3) is 0.333. The van der Waals surface area contributed by atoms with Gasteiger partial charge in [-0.3, -0.25) is 9.80 Å². The van der Waals surface area contributed by atoms with Crippen LogP contribution in [-0.2, 0) is 4.74 Å². The molecule has 2 unspecified atom stereocenters. The highest BCUT2D eigenvalue weighted by molar-refractivity contribution is 7.10. The summed E-state index contributed by atoms with van der Waals surface area (Å²) in [5, 5.41) is 2.11. The van der Waals surface area contributed by atoms with Gasteiger partial charge in [-0.25, -0.2) is 8.78 Å². The van der Waals surface area contributed by atoms with E-state index in [-0.39, 0.29) is 17.7 Å². The van der Waals surface area contributed by atoms with Crippen LogP contribution in [0.15, 0.2) is 72.1 Å². The number of ether oxygens (including phenoxy) is 1. The number of benzene rings is 2. The largest absolute Gasteiger partial charge is 0.367 e. The van der Waals surface area contributed by atoms with Crippen molar-refractivity contribution in [3.8, 4) is 0 Å². The molecule has 0 spiro atoms. The minimum atomic E-state index is -0.343. The minimum Gasteiger partial charge on any atom is -0.367 e. The van der Waals surface area contributed by atoms with Gasteiger partial charge in [0.25, 0.3) is 0 Å². The Balaban J connectivity index is 1.14. The normalized spacial score (nSPS) is 21.1. The molecule has 6 heteroatoms. The third-order valence-electron chi connectivity index (χ3n) is 6.60. The van der Waals surface area contributed by atoms with Crippen LogP contribution in [0.1, 0.15) is 28.5 Å². The van der Waals surface area contributed by atoms with E-state index < -0.39 is 0 Å². The molecule has 3 fully saturated rings. The van der Waals surface area contributed by atoms with Crippen molar-refractivity contribution in [1.29, 1.82) is 0 Å². The minimum absolute atomic E-state index is 0.279. The summed E-state index contributed by atoms with van der Waals surface area (Å²) in [6, 6.07) is 18.2. The maximum absolute atomic E-state index is 13.4. The fourth-order valence-electron chi connectivity index (χ4n) is 4.89. The highest BCUT2D eigenvalue weighted by Crippen LogP contribution is 2.32. The van der Waals surface area contributed by atoms with E-state index in [1.807, 2.05) is 0 Å². The van der Waals surface area contributed by atoms with Crippen molar-refractivity contribution in [2.45, 2.75) is 24.6 Å². The van der Waals surface area contributed by atoms with Crippen LogP contribution in [0, 0.1) is 11.6 Å². The SMILES string of the molecule is Fc1ccc(C(OCCN2CC3CC(C2)N3C/C=C/c2cccs2)c2ccc(F)cc2)cc1. The first-order valence-electron chi connectivity index (χ1n) is 11.5. The summed E-state index contributed by atoms with van der Waals surface area (Å²) < 4.78 is 33.1. The first-order chi connectivity index (χ1) is 16.2. The molecule has 0 N–H and O–H groups in total. The molecule has 3 aromatic rings. The number of fused-ring (bicyclic) bond motifs is 2. The predicted molar refractivity (Wildman–Crippen MR) is 129 cm³/mol. The van der Waals surface area contributed by atoms with Crippen molar-refractivity contribution in [3.63, 3.8) is 0 Å². The average Bonchev–Trinajstić information content (AvgIpc) is 3.35. The number of hydrogen-bond donors (Lipinski definition) is 0. The monoisotopic (exact) mass is 466 g/mol. The third-order valence-corrected chi connectivity index (χ3v) is 7.44. The molecule has 2 atom stereocenters. The van der Waals surface area contributed by atoms with Gasteiger partial charge in [0.1, 0.15) is 17.7 Å². The van der Waals surface area contributed by atoms with Gasteiger partial charge >= 0.3 is 0 Å². The first-order valence-corrected chi connectivity index (χ1v) is 12.3. The van der Waals surface area contributed by atoms with Crippen molar-refractivity contribution in [2.75, 3.05) is 32.8 Å². The number of piperazine rings is 1. The van der Waals surface area contributed by atoms with Crippen LogP contribution in [0.3, 0.4) is 0 Å². The molecule has 3 nitrogen and oxygen atoms in total. The van der Waals surface area contributed by atoms with E-state index in [9.17, 15) is 8.78 Å². The third kappa shape index (κ3) is 5.41. The molecular weight excluding hydrogens is 438 g/mol. The Morgan fingerprint density at radius 3 is 2.15 bits per heavy atom. The van der Waals surface area contributed by atoms with Gasteiger partial charge in [-0.2, -0.15) is 0 Å². The van der Waals surface area contributed by atoms with Gasteiger partial charge in [-0.15, -0.1) is 11.3 Å². The second-order valence-electron chi connectivity index (χ2n) is 8.77. The van der Waals surface area contributed by atoms with E-state index in [1.54, 1.807) is 35.6 Å². The fourth-order valence-corrected chi connectivity index (χ4v) is 5.54. The standard InChI is InChI=1S/C27H28F2N2OS/c28-22-9-5-20(6-10-22)27(21-7-11-23(29)12-8-21)32-15-14-30-18-24-17-25(19-30)31(24)13-1-3-26-4-2-16-33-26/h1-12,16,24-25,27H,13-15,17-19H2/b3-1+. The number of piperidine rings is 1. The summed E-state index contributed by atoms with van der Waals surface area (Å²) >= 11 is 1.77. The average molecular weight is 467 g/mol. The van der Waals surface area contributed by atoms with Gasteiger partial charge in [0.15, 0.2) is 0 Å². The lowest BCUT2D eigenvalue weighted by Crippen LogP contribution is -2.68. The van der Waals surface area contributed by atoms with Gasteiger partial charge in [0.2, 0.25) is 0 Å². The summed E-state index contributed by atoms with van der Waals surface area (Å²) in [6.45, 7) is 4.55. The molecule has 172 valence electrons. The van der Waals surface area contributed by atoms with Gasteiger partial charge in [0, 0.05) is 43.1 Å². The smallest absolute Gasteiger partial charge is 0.123 e. The summed E-state index contributed by atoms with van der Waals surface area (Å²) in [6.07, 6.45) is 5.43. The molecule has 2 aromatic carbocycles. The lowest BCUT2D eigenvalue weighted by molar-refractivity contribution is -0.0692. The summed E-state index contributed by atoms with van der Waals surface area (Å²) in [5.41, 5.74) is 1.74. The molecular formula is C27H28F2N2OS. The molecule has 3 saturated heterocycles. The number of hydrogen-bond acceptors (Lipinski definition) is 4. The zero-order chi connectivity index (χ0) is 22.6. The number of halogens is 2. The Bertz CT molecular complexity index is 995. The van der Waals surface area contributed by atoms with E-state index >= 15 is 0 Å². The van der Waals surface area contributed by atoms with E-state index in [0.29, 0.717) is 18.7 Å². The maximum Gasteiger partial charge on any atom is 0.123 e. The Morgan fingerprint density at radius 2 is 1.58 bits per heavy atom. The van der Waals surface area contributed by atoms with Gasteiger partial charge in [0.05, 0.1) is 6.61 Å². The lowest BCUT2D eigenvalue weighted by atomic mass is 9.87. The Labute approximate surface area is 197 Å². The topological polar surface area (TPSA) is 15.7 Å². The molecule has 3 aliphatic rings. The van der Waals surface area contributed by atoms with Crippen molar-refractivity contribution < 1.29 is 13.5 Å². The van der Waals surface area contributed by atoms with Crippen molar-refractivity contribution in [3.05, 3.63) is 99.8 Å². The van der Waals surface area contributed by atoms with Crippen LogP contribution in [0.5, 0.6) is 0 Å². The lowest BCUT2D eigenvalue weighted by Gasteiger charge is -2.56. The van der Waals surface area contributed by atoms with Gasteiger partial charge < -0.3 is 4.74 Å². The van der Waals surface area contributed by atoms with Crippen LogP contribution in [0.25, 0.3) is 6.08 Å². The Morgan fingerprint density at radius 1 is 0.939 bits per heavy atom. The molecule has 0 amide bonds. The van der Waals surface area contributed by atoms with Crippen LogP contribution in [-0.4, -0.2) is 54.7 Å². The molecule has 6 rings (SSSR count). The second-order valence-corrected chi connectivity index (χ2v) is 9.75. The van der Waals surface area contributed by atoms with E-state index in [2.05, 4.69) is 39.5 Å². The summed E-state index contributed by atoms with van der Waals surface area (Å²) in [7, 11) is 0. The van der Waals surface area contributed by atoms with Crippen molar-refractivity contribution in [2.24, 2.45) is 0 Å². The summed E-state index contributed by atoms with van der Waals surface area (Å²) in [4.78, 5) is 6.38. The first kappa shape index (κ1) is 22.4. The number of thiophene rings is 1. The molecule has 4 heterocycles. The van der Waals surface area contributed by atoms with Crippen molar-refractivity contribution >= 4 is 17.4 Å².